The molecule has 0 saturated carbocycles. The Morgan fingerprint density at radius 3 is 1.67 bits per heavy atom. The third-order valence-electron chi connectivity index (χ3n) is 5.94. The minimum Gasteiger partial charge on any atom is -0.468 e. The lowest BCUT2D eigenvalue weighted by molar-refractivity contribution is -0.149. The number of ether oxygens (including phenoxy) is 1. The first-order chi connectivity index (χ1) is 14.7. The number of hydrogen-bond donors (Lipinski definition) is 0. The van der Waals surface area contributed by atoms with Crippen molar-refractivity contribution in [2.75, 3.05) is 7.11 Å². The van der Waals surface area contributed by atoms with Crippen LogP contribution < -0.4 is 0 Å². The summed E-state index contributed by atoms with van der Waals surface area (Å²) in [6, 6.07) is 9.63. The molecule has 1 unspecified atom stereocenters. The Morgan fingerprint density at radius 2 is 1.20 bits per heavy atom. The zero-order chi connectivity index (χ0) is 21.9. The Balaban J connectivity index is 2.08. The number of carbonyl (C=O) groups is 2. The van der Waals surface area contributed by atoms with Crippen LogP contribution in [0.1, 0.15) is 109 Å². The number of carbonyl (C=O) groups excluding carboxylic acids is 2. The maximum absolute atomic E-state index is 12.6. The molecule has 0 amide bonds. The molecule has 3 heteroatoms. The largest absolute Gasteiger partial charge is 0.468 e. The van der Waals surface area contributed by atoms with Gasteiger partial charge in [-0.25, -0.2) is 0 Å². The van der Waals surface area contributed by atoms with Crippen LogP contribution in [0.3, 0.4) is 0 Å². The molecule has 0 N–H and O–H groups in total. The number of unbranched alkanes of at least 4 members (excludes halogenated alkanes) is 13. The molecule has 0 aliphatic carbocycles. The lowest BCUT2D eigenvalue weighted by atomic mass is 9.92. The molecule has 1 aromatic carbocycles. The molecule has 1 rings (SSSR count). The van der Waals surface area contributed by atoms with E-state index in [-0.39, 0.29) is 11.8 Å². The third-order valence-corrected chi connectivity index (χ3v) is 5.94. The van der Waals surface area contributed by atoms with Gasteiger partial charge in [0.2, 0.25) is 0 Å². The molecular weight excluding hydrogens is 372 g/mol. The average Bonchev–Trinajstić information content (AvgIpc) is 2.76. The van der Waals surface area contributed by atoms with E-state index in [1.807, 2.05) is 30.3 Å². The highest BCUT2D eigenvalue weighted by Gasteiger charge is 2.26. The number of Topliss-reactive ketones (excluding diaryl/α,β-unsaturated/α-hetero) is 1. The van der Waals surface area contributed by atoms with Gasteiger partial charge in [0.1, 0.15) is 5.92 Å². The van der Waals surface area contributed by atoms with Crippen LogP contribution >= 0.6 is 0 Å². The van der Waals surface area contributed by atoms with E-state index >= 15 is 0 Å². The SMILES string of the molecule is CCCCCCCCCCCCCCCCC(C(=O)Cc1ccccc1)C(=O)OC. The molecule has 170 valence electrons. The van der Waals surface area contributed by atoms with Crippen molar-refractivity contribution in [3.63, 3.8) is 0 Å². The van der Waals surface area contributed by atoms with E-state index in [1.165, 1.54) is 84.2 Å². The number of rotatable bonds is 19. The van der Waals surface area contributed by atoms with Gasteiger partial charge < -0.3 is 4.74 Å². The van der Waals surface area contributed by atoms with Gasteiger partial charge in [0.15, 0.2) is 5.78 Å². The average molecular weight is 417 g/mol. The summed E-state index contributed by atoms with van der Waals surface area (Å²) >= 11 is 0. The van der Waals surface area contributed by atoms with Gasteiger partial charge in [-0.2, -0.15) is 0 Å². The lowest BCUT2D eigenvalue weighted by Crippen LogP contribution is -2.26. The van der Waals surface area contributed by atoms with Crippen molar-refractivity contribution in [1.82, 2.24) is 0 Å². The molecule has 0 radical (unpaired) electrons. The summed E-state index contributed by atoms with van der Waals surface area (Å²) in [6.07, 6.45) is 19.1. The Morgan fingerprint density at radius 1 is 0.733 bits per heavy atom. The van der Waals surface area contributed by atoms with Crippen LogP contribution in [-0.2, 0) is 20.7 Å². The number of ketones is 1. The molecule has 3 nitrogen and oxygen atoms in total. The predicted octanol–water partition coefficient (Wildman–Crippen LogP) is 7.46. The van der Waals surface area contributed by atoms with Crippen molar-refractivity contribution in [3.05, 3.63) is 35.9 Å². The van der Waals surface area contributed by atoms with Crippen LogP contribution in [0.4, 0.5) is 0 Å². The topological polar surface area (TPSA) is 43.4 Å². The summed E-state index contributed by atoms with van der Waals surface area (Å²) in [5.74, 6) is -1.03. The standard InChI is InChI=1S/C27H44O3/c1-3-4-5-6-7-8-9-10-11-12-13-14-15-19-22-25(27(29)30-2)26(28)23-24-20-17-16-18-21-24/h16-18,20-21,25H,3-15,19,22-23H2,1-2H3. The lowest BCUT2D eigenvalue weighted by Gasteiger charge is -2.13. The van der Waals surface area contributed by atoms with Crippen LogP contribution in [0, 0.1) is 5.92 Å². The number of esters is 1. The van der Waals surface area contributed by atoms with E-state index in [4.69, 9.17) is 4.74 Å². The monoisotopic (exact) mass is 416 g/mol. The first-order valence-electron chi connectivity index (χ1n) is 12.3. The van der Waals surface area contributed by atoms with Gasteiger partial charge >= 0.3 is 5.97 Å². The molecule has 0 heterocycles. The van der Waals surface area contributed by atoms with Gasteiger partial charge in [-0.05, 0) is 12.0 Å². The van der Waals surface area contributed by atoms with Crippen molar-refractivity contribution in [1.29, 1.82) is 0 Å². The van der Waals surface area contributed by atoms with E-state index in [2.05, 4.69) is 6.92 Å². The molecule has 0 fully saturated rings. The highest BCUT2D eigenvalue weighted by atomic mass is 16.5. The second-order valence-corrected chi connectivity index (χ2v) is 8.59. The first-order valence-corrected chi connectivity index (χ1v) is 12.3. The van der Waals surface area contributed by atoms with E-state index in [1.54, 1.807) is 0 Å². The highest BCUT2D eigenvalue weighted by Crippen LogP contribution is 2.18. The zero-order valence-corrected chi connectivity index (χ0v) is 19.5. The smallest absolute Gasteiger partial charge is 0.316 e. The molecule has 30 heavy (non-hydrogen) atoms. The van der Waals surface area contributed by atoms with Crippen LogP contribution in [0.2, 0.25) is 0 Å². The summed E-state index contributed by atoms with van der Waals surface area (Å²) in [6.45, 7) is 2.27. The molecule has 0 aliphatic rings. The molecule has 1 atom stereocenters. The fourth-order valence-electron chi connectivity index (χ4n) is 4.02. The van der Waals surface area contributed by atoms with Crippen molar-refractivity contribution in [2.24, 2.45) is 5.92 Å². The molecule has 0 aliphatic heterocycles. The Kier molecular flexibility index (Phi) is 16.0. The van der Waals surface area contributed by atoms with Crippen molar-refractivity contribution < 1.29 is 14.3 Å². The van der Waals surface area contributed by atoms with Gasteiger partial charge in [-0.3, -0.25) is 9.59 Å². The van der Waals surface area contributed by atoms with Gasteiger partial charge in [-0.1, -0.05) is 127 Å². The Labute approximate surface area is 185 Å². The predicted molar refractivity (Wildman–Crippen MR) is 126 cm³/mol. The fraction of sp³-hybridized carbons (Fsp3) is 0.704. The number of hydrogen-bond acceptors (Lipinski definition) is 3. The minimum atomic E-state index is -0.618. The van der Waals surface area contributed by atoms with Crippen LogP contribution in [0.5, 0.6) is 0 Å². The van der Waals surface area contributed by atoms with Crippen LogP contribution in [0.15, 0.2) is 30.3 Å². The number of benzene rings is 1. The molecule has 0 bridgehead atoms. The van der Waals surface area contributed by atoms with Gasteiger partial charge in [-0.15, -0.1) is 0 Å². The third kappa shape index (κ3) is 12.8. The van der Waals surface area contributed by atoms with Gasteiger partial charge in [0.25, 0.3) is 0 Å². The second-order valence-electron chi connectivity index (χ2n) is 8.59. The van der Waals surface area contributed by atoms with E-state index in [0.29, 0.717) is 12.8 Å². The molecule has 0 spiro atoms. The summed E-state index contributed by atoms with van der Waals surface area (Å²) < 4.78 is 4.88. The van der Waals surface area contributed by atoms with E-state index < -0.39 is 5.92 Å². The van der Waals surface area contributed by atoms with Crippen molar-refractivity contribution >= 4 is 11.8 Å². The fourth-order valence-corrected chi connectivity index (χ4v) is 4.02. The van der Waals surface area contributed by atoms with Gasteiger partial charge in [0.05, 0.1) is 7.11 Å². The van der Waals surface area contributed by atoms with Crippen molar-refractivity contribution in [2.45, 2.75) is 110 Å². The summed E-state index contributed by atoms with van der Waals surface area (Å²) in [5, 5.41) is 0. The molecule has 1 aromatic rings. The molecular formula is C27H44O3. The second kappa shape index (κ2) is 18.2. The first kappa shape index (κ1) is 26.4. The summed E-state index contributed by atoms with van der Waals surface area (Å²) in [5.41, 5.74) is 0.956. The van der Waals surface area contributed by atoms with Gasteiger partial charge in [0, 0.05) is 6.42 Å². The van der Waals surface area contributed by atoms with Crippen molar-refractivity contribution in [3.8, 4) is 0 Å². The quantitative estimate of drug-likeness (QED) is 0.133. The van der Waals surface area contributed by atoms with E-state index in [9.17, 15) is 9.59 Å². The minimum absolute atomic E-state index is 0.0252. The zero-order valence-electron chi connectivity index (χ0n) is 19.5. The van der Waals surface area contributed by atoms with Crippen LogP contribution in [0.25, 0.3) is 0 Å². The normalized spacial score (nSPS) is 11.9. The van der Waals surface area contributed by atoms with E-state index in [0.717, 1.165) is 18.4 Å². The maximum Gasteiger partial charge on any atom is 0.316 e. The number of methoxy groups -OCH3 is 1. The van der Waals surface area contributed by atoms with Crippen LogP contribution in [-0.4, -0.2) is 18.9 Å². The summed E-state index contributed by atoms with van der Waals surface area (Å²) in [7, 11) is 1.37. The highest BCUT2D eigenvalue weighted by molar-refractivity contribution is 5.99. The molecule has 0 saturated heterocycles. The summed E-state index contributed by atoms with van der Waals surface area (Å²) in [4.78, 5) is 24.6. The maximum atomic E-state index is 12.6. The molecule has 0 aromatic heterocycles. The Hall–Kier alpha value is -1.64. The Bertz CT molecular complexity index is 552.